The second kappa shape index (κ2) is 3.94. The van der Waals surface area contributed by atoms with Crippen molar-refractivity contribution in [3.8, 4) is 10.7 Å². The Bertz CT molecular complexity index is 681. The minimum atomic E-state index is 0.431. The first-order valence-electron chi connectivity index (χ1n) is 4.86. The molecular formula is C11H7ClN4S. The summed E-state index contributed by atoms with van der Waals surface area (Å²) in [5.41, 5.74) is 8.43. The van der Waals surface area contributed by atoms with Gasteiger partial charge in [-0.3, -0.25) is 4.98 Å². The lowest BCUT2D eigenvalue weighted by atomic mass is 10.2. The molecule has 0 amide bonds. The lowest BCUT2D eigenvalue weighted by Gasteiger charge is -2.03. The van der Waals surface area contributed by atoms with Gasteiger partial charge in [0.2, 0.25) is 0 Å². The maximum Gasteiger partial charge on any atom is 0.173 e. The summed E-state index contributed by atoms with van der Waals surface area (Å²) in [7, 11) is 0. The van der Waals surface area contributed by atoms with Crippen molar-refractivity contribution in [1.29, 1.82) is 0 Å². The van der Waals surface area contributed by atoms with E-state index in [1.54, 1.807) is 23.8 Å². The third-order valence-corrected chi connectivity index (χ3v) is 3.34. The van der Waals surface area contributed by atoms with E-state index in [0.29, 0.717) is 16.7 Å². The number of hydrogen-bond donors (Lipinski definition) is 1. The van der Waals surface area contributed by atoms with E-state index in [4.69, 9.17) is 17.3 Å². The number of anilines is 1. The zero-order chi connectivity index (χ0) is 11.8. The van der Waals surface area contributed by atoms with Crippen molar-refractivity contribution >= 4 is 39.7 Å². The minimum absolute atomic E-state index is 0.431. The lowest BCUT2D eigenvalue weighted by molar-refractivity contribution is 1.24. The topological polar surface area (TPSA) is 64.7 Å². The highest BCUT2D eigenvalue weighted by Crippen LogP contribution is 2.26. The summed E-state index contributed by atoms with van der Waals surface area (Å²) in [6.45, 7) is 0. The fourth-order valence-corrected chi connectivity index (χ4v) is 2.29. The summed E-state index contributed by atoms with van der Waals surface area (Å²) >= 11 is 7.39. The van der Waals surface area contributed by atoms with Gasteiger partial charge in [0.25, 0.3) is 0 Å². The number of thiazole rings is 1. The molecule has 0 saturated carbocycles. The number of aromatic nitrogens is 3. The van der Waals surface area contributed by atoms with Crippen molar-refractivity contribution in [2.45, 2.75) is 0 Å². The van der Waals surface area contributed by atoms with Gasteiger partial charge in [-0.2, -0.15) is 0 Å². The molecule has 0 spiro atoms. The zero-order valence-corrected chi connectivity index (χ0v) is 10.2. The Kier molecular flexibility index (Phi) is 2.42. The van der Waals surface area contributed by atoms with Crippen LogP contribution in [0.2, 0.25) is 5.02 Å². The molecule has 2 N–H and O–H groups in total. The maximum absolute atomic E-state index is 5.91. The zero-order valence-electron chi connectivity index (χ0n) is 8.59. The molecule has 3 aromatic rings. The molecule has 0 atom stereocenters. The first kappa shape index (κ1) is 10.4. The molecule has 0 aliphatic rings. The van der Waals surface area contributed by atoms with Crippen LogP contribution < -0.4 is 5.73 Å². The number of rotatable bonds is 1. The van der Waals surface area contributed by atoms with Crippen LogP contribution in [-0.4, -0.2) is 15.0 Å². The largest absolute Gasteiger partial charge is 0.383 e. The number of halogens is 1. The smallest absolute Gasteiger partial charge is 0.173 e. The standard InChI is InChI=1S/C11H7ClN4S/c12-6-1-2-8-7(3-6)10(13)16-11(15-8)9-4-14-5-17-9/h1-5H,(H2,13,15,16). The van der Waals surface area contributed by atoms with E-state index >= 15 is 0 Å². The van der Waals surface area contributed by atoms with Crippen molar-refractivity contribution < 1.29 is 0 Å². The second-order valence-corrected chi connectivity index (χ2v) is 4.78. The fourth-order valence-electron chi connectivity index (χ4n) is 1.56. The number of nitrogen functional groups attached to an aromatic ring is 1. The molecule has 84 valence electrons. The first-order valence-corrected chi connectivity index (χ1v) is 6.11. The van der Waals surface area contributed by atoms with Gasteiger partial charge in [-0.25, -0.2) is 9.97 Å². The third-order valence-electron chi connectivity index (χ3n) is 2.34. The first-order chi connectivity index (χ1) is 8.24. The number of nitrogens with zero attached hydrogens (tertiary/aromatic N) is 3. The quantitative estimate of drug-likeness (QED) is 0.732. The lowest BCUT2D eigenvalue weighted by Crippen LogP contribution is -1.96. The van der Waals surface area contributed by atoms with Crippen LogP contribution in [0.4, 0.5) is 5.82 Å². The molecule has 6 heteroatoms. The highest BCUT2D eigenvalue weighted by Gasteiger charge is 2.08. The highest BCUT2D eigenvalue weighted by atomic mass is 35.5. The van der Waals surface area contributed by atoms with Gasteiger partial charge < -0.3 is 5.73 Å². The summed E-state index contributed by atoms with van der Waals surface area (Å²) < 4.78 is 0. The van der Waals surface area contributed by atoms with E-state index in [0.717, 1.165) is 15.8 Å². The molecule has 2 heterocycles. The van der Waals surface area contributed by atoms with Crippen molar-refractivity contribution in [3.63, 3.8) is 0 Å². The van der Waals surface area contributed by atoms with E-state index in [9.17, 15) is 0 Å². The Morgan fingerprint density at radius 1 is 1.24 bits per heavy atom. The van der Waals surface area contributed by atoms with Crippen LogP contribution in [-0.2, 0) is 0 Å². The molecule has 0 radical (unpaired) electrons. The molecule has 0 unspecified atom stereocenters. The summed E-state index contributed by atoms with van der Waals surface area (Å²) in [5.74, 6) is 1.03. The molecule has 4 nitrogen and oxygen atoms in total. The molecule has 0 fully saturated rings. The number of hydrogen-bond acceptors (Lipinski definition) is 5. The molecular weight excluding hydrogens is 256 g/mol. The van der Waals surface area contributed by atoms with Crippen molar-refractivity contribution in [1.82, 2.24) is 15.0 Å². The van der Waals surface area contributed by atoms with Crippen molar-refractivity contribution in [2.24, 2.45) is 0 Å². The van der Waals surface area contributed by atoms with E-state index in [2.05, 4.69) is 15.0 Å². The molecule has 1 aromatic carbocycles. The highest BCUT2D eigenvalue weighted by molar-refractivity contribution is 7.13. The van der Waals surface area contributed by atoms with Crippen LogP contribution in [0, 0.1) is 0 Å². The average Bonchev–Trinajstić information content (AvgIpc) is 2.83. The Morgan fingerprint density at radius 2 is 2.12 bits per heavy atom. The predicted molar refractivity (Wildman–Crippen MR) is 70.1 cm³/mol. The summed E-state index contributed by atoms with van der Waals surface area (Å²) in [5, 5.41) is 1.39. The Morgan fingerprint density at radius 3 is 2.88 bits per heavy atom. The molecule has 3 rings (SSSR count). The number of fused-ring (bicyclic) bond motifs is 1. The Hall–Kier alpha value is -1.72. The Labute approximate surface area is 106 Å². The van der Waals surface area contributed by atoms with E-state index in [-0.39, 0.29) is 0 Å². The van der Waals surface area contributed by atoms with Crippen LogP contribution in [0.5, 0.6) is 0 Å². The van der Waals surface area contributed by atoms with Crippen LogP contribution in [0.3, 0.4) is 0 Å². The van der Waals surface area contributed by atoms with Gasteiger partial charge in [0.15, 0.2) is 5.82 Å². The van der Waals surface area contributed by atoms with Gasteiger partial charge in [-0.1, -0.05) is 11.6 Å². The fraction of sp³-hybridized carbons (Fsp3) is 0. The third kappa shape index (κ3) is 1.83. The van der Waals surface area contributed by atoms with Crippen LogP contribution >= 0.6 is 22.9 Å². The molecule has 17 heavy (non-hydrogen) atoms. The number of nitrogens with two attached hydrogens (primary N) is 1. The summed E-state index contributed by atoms with van der Waals surface area (Å²) in [4.78, 5) is 13.6. The van der Waals surface area contributed by atoms with Gasteiger partial charge >= 0.3 is 0 Å². The SMILES string of the molecule is Nc1nc(-c2cncs2)nc2ccc(Cl)cc12. The molecule has 0 saturated heterocycles. The van der Waals surface area contributed by atoms with E-state index < -0.39 is 0 Å². The monoisotopic (exact) mass is 262 g/mol. The Balaban J connectivity index is 2.28. The van der Waals surface area contributed by atoms with Crippen molar-refractivity contribution in [2.75, 3.05) is 5.73 Å². The predicted octanol–water partition coefficient (Wildman–Crippen LogP) is 2.99. The van der Waals surface area contributed by atoms with E-state index in [1.165, 1.54) is 11.3 Å². The van der Waals surface area contributed by atoms with Gasteiger partial charge in [0.1, 0.15) is 5.82 Å². The second-order valence-electron chi connectivity index (χ2n) is 3.46. The van der Waals surface area contributed by atoms with Crippen LogP contribution in [0.15, 0.2) is 29.9 Å². The van der Waals surface area contributed by atoms with Crippen LogP contribution in [0.25, 0.3) is 21.6 Å². The van der Waals surface area contributed by atoms with Gasteiger partial charge in [0.05, 0.1) is 15.9 Å². The molecule has 2 aromatic heterocycles. The minimum Gasteiger partial charge on any atom is -0.383 e. The summed E-state index contributed by atoms with van der Waals surface area (Å²) in [6.07, 6.45) is 1.72. The molecule has 0 aliphatic heterocycles. The van der Waals surface area contributed by atoms with Crippen molar-refractivity contribution in [3.05, 3.63) is 34.9 Å². The maximum atomic E-state index is 5.91. The van der Waals surface area contributed by atoms with Gasteiger partial charge in [-0.05, 0) is 18.2 Å². The van der Waals surface area contributed by atoms with E-state index in [1.807, 2.05) is 6.07 Å². The molecule has 0 bridgehead atoms. The van der Waals surface area contributed by atoms with Crippen LogP contribution in [0.1, 0.15) is 0 Å². The number of benzene rings is 1. The van der Waals surface area contributed by atoms with Gasteiger partial charge in [-0.15, -0.1) is 11.3 Å². The van der Waals surface area contributed by atoms with Gasteiger partial charge in [0, 0.05) is 16.6 Å². The average molecular weight is 263 g/mol. The normalized spacial score (nSPS) is 10.9. The molecule has 0 aliphatic carbocycles. The summed E-state index contributed by atoms with van der Waals surface area (Å²) in [6, 6.07) is 5.38.